The summed E-state index contributed by atoms with van der Waals surface area (Å²) in [5.74, 6) is 0. The Morgan fingerprint density at radius 1 is 1.12 bits per heavy atom. The number of aromatic nitrogens is 1. The minimum absolute atomic E-state index is 1.11. The molecule has 0 amide bonds. The first-order chi connectivity index (χ1) is 7.81. The van der Waals surface area contributed by atoms with Crippen LogP contribution in [0.5, 0.6) is 0 Å². The molecular weight excluding hydrogens is 194 g/mol. The zero-order valence-corrected chi connectivity index (χ0v) is 10.2. The van der Waals surface area contributed by atoms with Gasteiger partial charge in [-0.2, -0.15) is 0 Å². The number of benzene rings is 1. The lowest BCUT2D eigenvalue weighted by molar-refractivity contribution is 0.707. The molecule has 84 valence electrons. The van der Waals surface area contributed by atoms with Crippen molar-refractivity contribution in [1.82, 2.24) is 4.98 Å². The van der Waals surface area contributed by atoms with E-state index in [0.717, 1.165) is 12.1 Å². The number of aryl methyl sites for hydroxylation is 2. The molecule has 1 nitrogen and oxygen atoms in total. The maximum atomic E-state index is 4.67. The van der Waals surface area contributed by atoms with E-state index < -0.39 is 0 Å². The molecule has 1 heterocycles. The van der Waals surface area contributed by atoms with Crippen LogP contribution in [0, 0.1) is 6.92 Å². The molecule has 1 aromatic heterocycles. The summed E-state index contributed by atoms with van der Waals surface area (Å²) in [6.07, 6.45) is 4.93. The van der Waals surface area contributed by atoms with Crippen LogP contribution in [-0.2, 0) is 6.42 Å². The van der Waals surface area contributed by atoms with Gasteiger partial charge in [-0.3, -0.25) is 4.98 Å². The lowest BCUT2D eigenvalue weighted by Gasteiger charge is -2.06. The van der Waals surface area contributed by atoms with E-state index in [1.807, 2.05) is 0 Å². The highest BCUT2D eigenvalue weighted by atomic mass is 14.7. The molecule has 0 aliphatic rings. The third-order valence-electron chi connectivity index (χ3n) is 3.02. The number of fused-ring (bicyclic) bond motifs is 1. The topological polar surface area (TPSA) is 12.9 Å². The Morgan fingerprint density at radius 3 is 2.75 bits per heavy atom. The molecule has 0 spiro atoms. The summed E-state index contributed by atoms with van der Waals surface area (Å²) in [7, 11) is 0. The van der Waals surface area contributed by atoms with Crippen molar-refractivity contribution < 1.29 is 0 Å². The van der Waals surface area contributed by atoms with Crippen molar-refractivity contribution in [2.75, 3.05) is 0 Å². The highest BCUT2D eigenvalue weighted by Crippen LogP contribution is 2.18. The quantitative estimate of drug-likeness (QED) is 0.691. The maximum absolute atomic E-state index is 4.67. The molecule has 2 rings (SSSR count). The van der Waals surface area contributed by atoms with Crippen LogP contribution in [0.2, 0.25) is 0 Å². The van der Waals surface area contributed by atoms with Crippen molar-refractivity contribution in [3.63, 3.8) is 0 Å². The number of rotatable bonds is 4. The fraction of sp³-hybridized carbons (Fsp3) is 0.400. The molecule has 1 aromatic carbocycles. The van der Waals surface area contributed by atoms with Gasteiger partial charge in [0.2, 0.25) is 0 Å². The van der Waals surface area contributed by atoms with Gasteiger partial charge in [0.05, 0.1) is 0 Å². The van der Waals surface area contributed by atoms with Gasteiger partial charge in [-0.1, -0.05) is 44.0 Å². The number of hydrogen-bond donors (Lipinski definition) is 0. The molecule has 0 atom stereocenters. The van der Waals surface area contributed by atoms with E-state index in [-0.39, 0.29) is 0 Å². The normalized spacial score (nSPS) is 10.9. The van der Waals surface area contributed by atoms with Crippen LogP contribution in [0.1, 0.15) is 37.6 Å². The summed E-state index contributed by atoms with van der Waals surface area (Å²) in [4.78, 5) is 4.67. The van der Waals surface area contributed by atoms with Gasteiger partial charge in [0, 0.05) is 16.8 Å². The Labute approximate surface area is 97.5 Å². The number of unbranched alkanes of at least 4 members (excludes halogenated alkanes) is 2. The predicted octanol–water partition coefficient (Wildman–Crippen LogP) is 4.28. The highest BCUT2D eigenvalue weighted by Gasteiger charge is 2.01. The molecule has 0 fully saturated rings. The van der Waals surface area contributed by atoms with Gasteiger partial charge in [0.15, 0.2) is 0 Å². The van der Waals surface area contributed by atoms with Crippen molar-refractivity contribution in [2.24, 2.45) is 0 Å². The monoisotopic (exact) mass is 213 g/mol. The average Bonchev–Trinajstić information content (AvgIpc) is 2.30. The van der Waals surface area contributed by atoms with Crippen LogP contribution in [0.15, 0.2) is 30.3 Å². The van der Waals surface area contributed by atoms with Gasteiger partial charge in [-0.15, -0.1) is 0 Å². The summed E-state index contributed by atoms with van der Waals surface area (Å²) in [6, 6.07) is 10.7. The van der Waals surface area contributed by atoms with Gasteiger partial charge in [-0.25, -0.2) is 0 Å². The summed E-state index contributed by atoms with van der Waals surface area (Å²) in [5.41, 5.74) is 2.40. The van der Waals surface area contributed by atoms with E-state index in [1.54, 1.807) is 0 Å². The molecule has 16 heavy (non-hydrogen) atoms. The SMILES string of the molecule is CCCCCc1cc2ccccc2c(C)n1. The van der Waals surface area contributed by atoms with Crippen LogP contribution in [0.4, 0.5) is 0 Å². The van der Waals surface area contributed by atoms with Gasteiger partial charge >= 0.3 is 0 Å². The molecule has 0 unspecified atom stereocenters. The van der Waals surface area contributed by atoms with Gasteiger partial charge in [0.1, 0.15) is 0 Å². The Bertz CT molecular complexity index is 474. The molecule has 0 saturated heterocycles. The van der Waals surface area contributed by atoms with Crippen LogP contribution in [-0.4, -0.2) is 4.98 Å². The maximum Gasteiger partial charge on any atom is 0.0454 e. The molecule has 2 aromatic rings. The zero-order valence-electron chi connectivity index (χ0n) is 10.2. The second-order valence-corrected chi connectivity index (χ2v) is 4.38. The second kappa shape index (κ2) is 5.11. The van der Waals surface area contributed by atoms with Crippen molar-refractivity contribution in [3.05, 3.63) is 41.7 Å². The smallest absolute Gasteiger partial charge is 0.0454 e. The van der Waals surface area contributed by atoms with Crippen molar-refractivity contribution >= 4 is 10.8 Å². The predicted molar refractivity (Wildman–Crippen MR) is 69.7 cm³/mol. The zero-order chi connectivity index (χ0) is 11.4. The Hall–Kier alpha value is -1.37. The first-order valence-corrected chi connectivity index (χ1v) is 6.16. The largest absolute Gasteiger partial charge is 0.258 e. The first-order valence-electron chi connectivity index (χ1n) is 6.16. The Balaban J connectivity index is 2.27. The molecule has 0 bridgehead atoms. The van der Waals surface area contributed by atoms with Crippen molar-refractivity contribution in [2.45, 2.75) is 39.5 Å². The molecule has 0 aliphatic heterocycles. The number of nitrogens with zero attached hydrogens (tertiary/aromatic N) is 1. The van der Waals surface area contributed by atoms with Crippen LogP contribution < -0.4 is 0 Å². The van der Waals surface area contributed by atoms with E-state index in [9.17, 15) is 0 Å². The third-order valence-corrected chi connectivity index (χ3v) is 3.02. The van der Waals surface area contributed by atoms with Crippen LogP contribution >= 0.6 is 0 Å². The molecule has 0 radical (unpaired) electrons. The van der Waals surface area contributed by atoms with Crippen LogP contribution in [0.3, 0.4) is 0 Å². The van der Waals surface area contributed by atoms with Crippen LogP contribution in [0.25, 0.3) is 10.8 Å². The summed E-state index contributed by atoms with van der Waals surface area (Å²) in [6.45, 7) is 4.34. The van der Waals surface area contributed by atoms with E-state index in [1.165, 1.54) is 35.7 Å². The summed E-state index contributed by atoms with van der Waals surface area (Å²) < 4.78 is 0. The summed E-state index contributed by atoms with van der Waals surface area (Å²) >= 11 is 0. The molecule has 0 N–H and O–H groups in total. The molecule has 0 aliphatic carbocycles. The van der Waals surface area contributed by atoms with Gasteiger partial charge < -0.3 is 0 Å². The number of pyridine rings is 1. The summed E-state index contributed by atoms with van der Waals surface area (Å²) in [5, 5.41) is 2.60. The minimum atomic E-state index is 1.11. The molecule has 0 saturated carbocycles. The minimum Gasteiger partial charge on any atom is -0.258 e. The van der Waals surface area contributed by atoms with E-state index in [4.69, 9.17) is 0 Å². The third kappa shape index (κ3) is 2.41. The highest BCUT2D eigenvalue weighted by molar-refractivity contribution is 5.84. The lowest BCUT2D eigenvalue weighted by atomic mass is 10.1. The van der Waals surface area contributed by atoms with E-state index >= 15 is 0 Å². The number of hydrogen-bond acceptors (Lipinski definition) is 1. The fourth-order valence-corrected chi connectivity index (χ4v) is 2.12. The standard InChI is InChI=1S/C15H19N/c1-3-4-5-9-14-11-13-8-6-7-10-15(13)12(2)16-14/h6-8,10-11H,3-5,9H2,1-2H3. The molecule has 1 heteroatoms. The van der Waals surface area contributed by atoms with Crippen molar-refractivity contribution in [3.8, 4) is 0 Å². The first kappa shape index (κ1) is 11.1. The van der Waals surface area contributed by atoms with Gasteiger partial charge in [-0.05, 0) is 31.2 Å². The second-order valence-electron chi connectivity index (χ2n) is 4.38. The van der Waals surface area contributed by atoms with E-state index in [2.05, 4.69) is 49.2 Å². The average molecular weight is 213 g/mol. The lowest BCUT2D eigenvalue weighted by Crippen LogP contribution is -1.94. The van der Waals surface area contributed by atoms with Crippen molar-refractivity contribution in [1.29, 1.82) is 0 Å². The fourth-order valence-electron chi connectivity index (χ4n) is 2.12. The van der Waals surface area contributed by atoms with Gasteiger partial charge in [0.25, 0.3) is 0 Å². The molecular formula is C15H19N. The van der Waals surface area contributed by atoms with E-state index in [0.29, 0.717) is 0 Å². The Kier molecular flexibility index (Phi) is 3.55. The Morgan fingerprint density at radius 2 is 1.94 bits per heavy atom.